The van der Waals surface area contributed by atoms with E-state index in [1.807, 2.05) is 12.1 Å². The van der Waals surface area contributed by atoms with Gasteiger partial charge in [0.05, 0.1) is 31.6 Å². The average Bonchev–Trinajstić information content (AvgIpc) is 3.22. The fourth-order valence-corrected chi connectivity index (χ4v) is 5.56. The minimum Gasteiger partial charge on any atom is -0.493 e. The number of carbonyl (C=O) groups excluding carboxylic acids is 1. The smallest absolute Gasteiger partial charge is 0.263 e. The maximum absolute atomic E-state index is 13.3. The van der Waals surface area contributed by atoms with Crippen molar-refractivity contribution in [1.29, 1.82) is 0 Å². The van der Waals surface area contributed by atoms with Gasteiger partial charge in [-0.05, 0) is 67.9 Å². The van der Waals surface area contributed by atoms with Crippen LogP contribution in [0, 0.1) is 5.92 Å². The van der Waals surface area contributed by atoms with Gasteiger partial charge in [-0.1, -0.05) is 20.3 Å². The SMILES string of the molecule is CCCCOc1ccc(C=NNC(=O)[C@H](C)n2cnc3sc4c(c3c2=O)CC[C@@H](C)C4)cc1OC. The van der Waals surface area contributed by atoms with Crippen molar-refractivity contribution in [2.45, 2.75) is 58.9 Å². The van der Waals surface area contributed by atoms with Crippen LogP contribution in [0.1, 0.15) is 62.1 Å². The van der Waals surface area contributed by atoms with Gasteiger partial charge < -0.3 is 9.47 Å². The zero-order valence-electron chi connectivity index (χ0n) is 20.7. The summed E-state index contributed by atoms with van der Waals surface area (Å²) in [6.07, 6.45) is 7.95. The summed E-state index contributed by atoms with van der Waals surface area (Å²) in [5, 5.41) is 4.74. The van der Waals surface area contributed by atoms with Crippen LogP contribution in [0.2, 0.25) is 0 Å². The summed E-state index contributed by atoms with van der Waals surface area (Å²) in [7, 11) is 1.58. The number of amides is 1. The maximum Gasteiger partial charge on any atom is 0.263 e. The maximum atomic E-state index is 13.3. The predicted octanol–water partition coefficient (Wildman–Crippen LogP) is 4.48. The van der Waals surface area contributed by atoms with Gasteiger partial charge in [0, 0.05) is 4.88 Å². The average molecular weight is 497 g/mol. The molecule has 186 valence electrons. The Bertz CT molecular complexity index is 1300. The van der Waals surface area contributed by atoms with Crippen LogP contribution in [-0.2, 0) is 17.6 Å². The molecule has 8 nitrogen and oxygen atoms in total. The van der Waals surface area contributed by atoms with Crippen molar-refractivity contribution in [2.24, 2.45) is 11.0 Å². The molecule has 1 aromatic carbocycles. The van der Waals surface area contributed by atoms with E-state index in [2.05, 4.69) is 29.4 Å². The number of benzene rings is 1. The molecule has 2 atom stereocenters. The number of fused-ring (bicyclic) bond motifs is 3. The third-order valence-corrected chi connectivity index (χ3v) is 7.53. The van der Waals surface area contributed by atoms with Crippen molar-refractivity contribution in [3.63, 3.8) is 0 Å². The number of aryl methyl sites for hydroxylation is 1. The summed E-state index contributed by atoms with van der Waals surface area (Å²) >= 11 is 1.60. The van der Waals surface area contributed by atoms with Crippen molar-refractivity contribution in [3.05, 3.63) is 50.9 Å². The van der Waals surface area contributed by atoms with E-state index >= 15 is 0 Å². The first kappa shape index (κ1) is 24.9. The summed E-state index contributed by atoms with van der Waals surface area (Å²) in [4.78, 5) is 32.5. The molecule has 1 aliphatic rings. The minimum atomic E-state index is -0.751. The second-order valence-corrected chi connectivity index (χ2v) is 10.1. The Morgan fingerprint density at radius 2 is 2.23 bits per heavy atom. The second-order valence-electron chi connectivity index (χ2n) is 9.01. The Kier molecular flexibility index (Phi) is 7.85. The number of hydrogen-bond donors (Lipinski definition) is 1. The number of hydrogen-bond acceptors (Lipinski definition) is 7. The molecule has 0 fully saturated rings. The molecule has 1 N–H and O–H groups in total. The zero-order valence-corrected chi connectivity index (χ0v) is 21.5. The number of aromatic nitrogens is 2. The number of ether oxygens (including phenoxy) is 2. The first-order chi connectivity index (χ1) is 16.9. The summed E-state index contributed by atoms with van der Waals surface area (Å²) in [6.45, 7) is 6.64. The third-order valence-electron chi connectivity index (χ3n) is 6.37. The van der Waals surface area contributed by atoms with Gasteiger partial charge in [0.1, 0.15) is 10.9 Å². The van der Waals surface area contributed by atoms with Crippen LogP contribution in [0.3, 0.4) is 0 Å². The summed E-state index contributed by atoms with van der Waals surface area (Å²) < 4.78 is 12.5. The lowest BCUT2D eigenvalue weighted by Crippen LogP contribution is -2.34. The Morgan fingerprint density at radius 1 is 1.40 bits per heavy atom. The first-order valence-corrected chi connectivity index (χ1v) is 12.9. The molecule has 2 heterocycles. The van der Waals surface area contributed by atoms with Crippen molar-refractivity contribution < 1.29 is 14.3 Å². The number of rotatable bonds is 9. The van der Waals surface area contributed by atoms with Gasteiger partial charge in [-0.2, -0.15) is 5.10 Å². The third kappa shape index (κ3) is 5.40. The Labute approximate surface area is 209 Å². The highest BCUT2D eigenvalue weighted by atomic mass is 32.1. The van der Waals surface area contributed by atoms with Gasteiger partial charge in [-0.15, -0.1) is 11.3 Å². The molecular formula is C26H32N4O4S. The van der Waals surface area contributed by atoms with E-state index in [1.54, 1.807) is 31.4 Å². The molecular weight excluding hydrogens is 464 g/mol. The summed E-state index contributed by atoms with van der Waals surface area (Å²) in [5.41, 5.74) is 4.22. The molecule has 3 aromatic rings. The standard InChI is InChI=1S/C26H32N4O4S/c1-5-6-11-34-20-10-8-18(13-21(20)33-4)14-28-29-24(31)17(3)30-15-27-25-23(26(30)32)19-9-7-16(2)12-22(19)35-25/h8,10,13-17H,5-7,9,11-12H2,1-4H3,(H,29,31)/t16-,17+/m1/s1. The molecule has 35 heavy (non-hydrogen) atoms. The van der Waals surface area contributed by atoms with Crippen LogP contribution in [0.4, 0.5) is 0 Å². The van der Waals surface area contributed by atoms with Crippen molar-refractivity contribution in [2.75, 3.05) is 13.7 Å². The van der Waals surface area contributed by atoms with E-state index in [4.69, 9.17) is 9.47 Å². The number of carbonyl (C=O) groups is 1. The van der Waals surface area contributed by atoms with Gasteiger partial charge in [0.25, 0.3) is 11.5 Å². The highest BCUT2D eigenvalue weighted by Crippen LogP contribution is 2.35. The molecule has 4 rings (SSSR count). The van der Waals surface area contributed by atoms with Gasteiger partial charge in [-0.3, -0.25) is 14.2 Å². The molecule has 0 saturated heterocycles. The monoisotopic (exact) mass is 496 g/mol. The lowest BCUT2D eigenvalue weighted by atomic mass is 9.89. The number of hydrazone groups is 1. The van der Waals surface area contributed by atoms with Gasteiger partial charge in [0.2, 0.25) is 0 Å². The minimum absolute atomic E-state index is 0.169. The number of nitrogens with zero attached hydrogens (tertiary/aromatic N) is 3. The Morgan fingerprint density at radius 3 is 3.00 bits per heavy atom. The molecule has 9 heteroatoms. The van der Waals surface area contributed by atoms with E-state index < -0.39 is 11.9 Å². The fraction of sp³-hybridized carbons (Fsp3) is 0.462. The van der Waals surface area contributed by atoms with Crippen LogP contribution in [0.15, 0.2) is 34.4 Å². The van der Waals surface area contributed by atoms with Gasteiger partial charge >= 0.3 is 0 Å². The molecule has 0 radical (unpaired) electrons. The molecule has 0 bridgehead atoms. The van der Waals surface area contributed by atoms with Crippen molar-refractivity contribution in [1.82, 2.24) is 15.0 Å². The van der Waals surface area contributed by atoms with Crippen LogP contribution < -0.4 is 20.5 Å². The quantitative estimate of drug-likeness (QED) is 0.268. The van der Waals surface area contributed by atoms with Crippen LogP contribution in [0.25, 0.3) is 10.2 Å². The number of thiophene rings is 1. The lowest BCUT2D eigenvalue weighted by molar-refractivity contribution is -0.123. The molecule has 1 amide bonds. The highest BCUT2D eigenvalue weighted by molar-refractivity contribution is 7.18. The van der Waals surface area contributed by atoms with Crippen LogP contribution in [-0.4, -0.2) is 35.4 Å². The summed E-state index contributed by atoms with van der Waals surface area (Å²) in [6, 6.07) is 4.71. The van der Waals surface area contributed by atoms with E-state index in [0.29, 0.717) is 29.4 Å². The van der Waals surface area contributed by atoms with E-state index in [-0.39, 0.29) is 5.56 Å². The van der Waals surface area contributed by atoms with Gasteiger partial charge in [-0.25, -0.2) is 10.4 Å². The van der Waals surface area contributed by atoms with Crippen LogP contribution >= 0.6 is 11.3 Å². The van der Waals surface area contributed by atoms with Gasteiger partial charge in [0.15, 0.2) is 11.5 Å². The first-order valence-electron chi connectivity index (χ1n) is 12.1. The number of nitrogens with one attached hydrogen (secondary N) is 1. The Hall–Kier alpha value is -3.20. The molecule has 0 spiro atoms. The van der Waals surface area contributed by atoms with E-state index in [0.717, 1.165) is 48.1 Å². The topological polar surface area (TPSA) is 94.8 Å². The number of methoxy groups -OCH3 is 1. The lowest BCUT2D eigenvalue weighted by Gasteiger charge is -2.18. The molecule has 0 saturated carbocycles. The molecule has 2 aromatic heterocycles. The largest absolute Gasteiger partial charge is 0.493 e. The molecule has 0 aliphatic heterocycles. The number of unbranched alkanes of at least 4 members (excludes halogenated alkanes) is 1. The fourth-order valence-electron chi connectivity index (χ4n) is 4.22. The summed E-state index contributed by atoms with van der Waals surface area (Å²) in [5.74, 6) is 1.49. The van der Waals surface area contributed by atoms with Crippen molar-refractivity contribution in [3.8, 4) is 11.5 Å². The Balaban J connectivity index is 1.46. The highest BCUT2D eigenvalue weighted by Gasteiger charge is 2.25. The predicted molar refractivity (Wildman–Crippen MR) is 139 cm³/mol. The van der Waals surface area contributed by atoms with E-state index in [1.165, 1.54) is 22.0 Å². The molecule has 1 aliphatic carbocycles. The zero-order chi connectivity index (χ0) is 24.9. The molecule has 0 unspecified atom stereocenters. The van der Waals surface area contributed by atoms with E-state index in [9.17, 15) is 9.59 Å². The van der Waals surface area contributed by atoms with Crippen molar-refractivity contribution >= 4 is 33.7 Å². The normalized spacial score (nSPS) is 16.3. The van der Waals surface area contributed by atoms with Crippen LogP contribution in [0.5, 0.6) is 11.5 Å². The second kappa shape index (κ2) is 11.0.